The molecule has 5 heteroatoms. The van der Waals surface area contributed by atoms with Crippen molar-refractivity contribution >= 4 is 21.8 Å². The highest BCUT2D eigenvalue weighted by Gasteiger charge is 2.13. The molecule has 0 saturated carbocycles. The molecule has 0 spiro atoms. The van der Waals surface area contributed by atoms with Crippen molar-refractivity contribution in [3.05, 3.63) is 58.3 Å². The molecule has 1 heterocycles. The minimum atomic E-state index is -0.119. The first kappa shape index (κ1) is 13.5. The lowest BCUT2D eigenvalue weighted by atomic mass is 10.1. The van der Waals surface area contributed by atoms with Crippen molar-refractivity contribution in [1.29, 1.82) is 0 Å². The zero-order valence-corrected chi connectivity index (χ0v) is 12.0. The molecule has 1 aromatic heterocycles. The topological polar surface area (TPSA) is 53.4 Å². The molecule has 0 aliphatic carbocycles. The van der Waals surface area contributed by atoms with Crippen LogP contribution >= 0.6 is 15.9 Å². The van der Waals surface area contributed by atoms with E-state index in [1.807, 2.05) is 6.07 Å². The van der Waals surface area contributed by atoms with Gasteiger partial charge in [0.25, 0.3) is 5.91 Å². The number of para-hydroxylation sites is 1. The maximum Gasteiger partial charge on any atom is 0.254 e. The third-order valence-corrected chi connectivity index (χ3v) is 3.15. The Balaban J connectivity index is 2.14. The number of aromatic nitrogens is 1. The number of halogens is 1. The number of phenols is 1. The first-order chi connectivity index (χ1) is 9.08. The number of carbonyl (C=O) groups is 1. The summed E-state index contributed by atoms with van der Waals surface area (Å²) in [7, 11) is 1.70. The first-order valence-corrected chi connectivity index (χ1v) is 6.51. The molecule has 4 nitrogen and oxygen atoms in total. The normalized spacial score (nSPS) is 10.2. The van der Waals surface area contributed by atoms with E-state index in [0.717, 1.165) is 0 Å². The first-order valence-electron chi connectivity index (χ1n) is 5.72. The summed E-state index contributed by atoms with van der Waals surface area (Å²) in [5, 5.41) is 9.70. The fraction of sp³-hybridized carbons (Fsp3) is 0.143. The summed E-state index contributed by atoms with van der Waals surface area (Å²) in [4.78, 5) is 17.7. The number of hydrogen-bond acceptors (Lipinski definition) is 3. The second-order valence-corrected chi connectivity index (χ2v) is 4.97. The Bertz CT molecular complexity index is 602. The predicted molar refractivity (Wildman–Crippen MR) is 75.8 cm³/mol. The van der Waals surface area contributed by atoms with Gasteiger partial charge in [0.15, 0.2) is 0 Å². The van der Waals surface area contributed by atoms with Crippen LogP contribution in [0.2, 0.25) is 0 Å². The van der Waals surface area contributed by atoms with Crippen LogP contribution in [0.4, 0.5) is 0 Å². The van der Waals surface area contributed by atoms with Gasteiger partial charge in [-0.15, -0.1) is 0 Å². The van der Waals surface area contributed by atoms with E-state index >= 15 is 0 Å². The molecule has 1 aromatic carbocycles. The van der Waals surface area contributed by atoms with Crippen LogP contribution in [0.5, 0.6) is 5.75 Å². The van der Waals surface area contributed by atoms with Crippen LogP contribution in [0.25, 0.3) is 0 Å². The second-order valence-electron chi connectivity index (χ2n) is 4.16. The highest BCUT2D eigenvalue weighted by atomic mass is 79.9. The van der Waals surface area contributed by atoms with Crippen LogP contribution in [-0.4, -0.2) is 27.9 Å². The molecule has 0 atom stereocenters. The average molecular weight is 321 g/mol. The molecule has 0 saturated heterocycles. The van der Waals surface area contributed by atoms with Gasteiger partial charge in [-0.1, -0.05) is 18.2 Å². The molecule has 0 aliphatic heterocycles. The van der Waals surface area contributed by atoms with Crippen LogP contribution in [0.3, 0.4) is 0 Å². The number of amides is 1. The van der Waals surface area contributed by atoms with E-state index in [0.29, 0.717) is 22.3 Å². The summed E-state index contributed by atoms with van der Waals surface area (Å²) in [6.07, 6.45) is 1.57. The van der Waals surface area contributed by atoms with Gasteiger partial charge in [-0.25, -0.2) is 4.98 Å². The molecule has 2 rings (SSSR count). The van der Waals surface area contributed by atoms with Crippen LogP contribution in [0.1, 0.15) is 15.9 Å². The van der Waals surface area contributed by atoms with Gasteiger partial charge in [0.05, 0.1) is 0 Å². The van der Waals surface area contributed by atoms with E-state index in [9.17, 15) is 9.90 Å². The lowest BCUT2D eigenvalue weighted by Crippen LogP contribution is -2.26. The van der Waals surface area contributed by atoms with Gasteiger partial charge in [-0.05, 0) is 34.1 Å². The SMILES string of the molecule is CN(Cc1ccccc1O)C(=O)c1ccnc(Br)c1. The zero-order chi connectivity index (χ0) is 13.8. The number of nitrogens with zero attached hydrogens (tertiary/aromatic N) is 2. The Labute approximate surface area is 119 Å². The summed E-state index contributed by atoms with van der Waals surface area (Å²) in [5.41, 5.74) is 1.27. The van der Waals surface area contributed by atoms with E-state index in [1.165, 1.54) is 0 Å². The maximum atomic E-state index is 12.2. The summed E-state index contributed by atoms with van der Waals surface area (Å²) in [5.74, 6) is 0.0735. The Hall–Kier alpha value is -1.88. The third kappa shape index (κ3) is 3.32. The fourth-order valence-corrected chi connectivity index (χ4v) is 2.09. The molecule has 0 fully saturated rings. The number of aromatic hydroxyl groups is 1. The van der Waals surface area contributed by atoms with Crippen molar-refractivity contribution in [3.8, 4) is 5.75 Å². The lowest BCUT2D eigenvalue weighted by Gasteiger charge is -2.18. The zero-order valence-electron chi connectivity index (χ0n) is 10.4. The van der Waals surface area contributed by atoms with Gasteiger partial charge in [-0.2, -0.15) is 0 Å². The standard InChI is InChI=1S/C14H13BrN2O2/c1-17(9-11-4-2-3-5-12(11)18)14(19)10-6-7-16-13(15)8-10/h2-8,18H,9H2,1H3. The van der Waals surface area contributed by atoms with Crippen molar-refractivity contribution in [2.24, 2.45) is 0 Å². The monoisotopic (exact) mass is 320 g/mol. The van der Waals surface area contributed by atoms with Gasteiger partial charge in [0.2, 0.25) is 0 Å². The molecule has 2 aromatic rings. The van der Waals surface area contributed by atoms with Gasteiger partial charge in [0.1, 0.15) is 10.4 Å². The molecule has 1 amide bonds. The number of benzene rings is 1. The van der Waals surface area contributed by atoms with Crippen molar-refractivity contribution in [2.75, 3.05) is 7.05 Å². The van der Waals surface area contributed by atoms with E-state index < -0.39 is 0 Å². The fourth-order valence-electron chi connectivity index (χ4n) is 1.73. The quantitative estimate of drug-likeness (QED) is 0.885. The molecule has 1 N–H and O–H groups in total. The molecule has 0 radical (unpaired) electrons. The molecule has 0 bridgehead atoms. The predicted octanol–water partition coefficient (Wildman–Crippen LogP) is 2.82. The summed E-state index contributed by atoms with van der Waals surface area (Å²) in [6.45, 7) is 0.353. The van der Waals surface area contributed by atoms with Gasteiger partial charge in [-0.3, -0.25) is 4.79 Å². The number of hydrogen-bond donors (Lipinski definition) is 1. The molecule has 19 heavy (non-hydrogen) atoms. The summed E-state index contributed by atoms with van der Waals surface area (Å²) >= 11 is 3.24. The second kappa shape index (κ2) is 5.84. The smallest absolute Gasteiger partial charge is 0.254 e. The minimum absolute atomic E-state index is 0.119. The number of carbonyl (C=O) groups excluding carboxylic acids is 1. The number of rotatable bonds is 3. The van der Waals surface area contributed by atoms with Crippen molar-refractivity contribution in [2.45, 2.75) is 6.54 Å². The van der Waals surface area contributed by atoms with Crippen molar-refractivity contribution in [3.63, 3.8) is 0 Å². The molecule has 98 valence electrons. The highest BCUT2D eigenvalue weighted by molar-refractivity contribution is 9.10. The van der Waals surface area contributed by atoms with Crippen LogP contribution in [-0.2, 0) is 6.54 Å². The minimum Gasteiger partial charge on any atom is -0.508 e. The van der Waals surface area contributed by atoms with E-state index in [1.54, 1.807) is 48.5 Å². The summed E-state index contributed by atoms with van der Waals surface area (Å²) < 4.78 is 0.620. The maximum absolute atomic E-state index is 12.2. The Morgan fingerprint density at radius 2 is 2.11 bits per heavy atom. The Morgan fingerprint density at radius 3 is 2.79 bits per heavy atom. The van der Waals surface area contributed by atoms with Gasteiger partial charge in [0, 0.05) is 30.9 Å². The van der Waals surface area contributed by atoms with Gasteiger partial charge < -0.3 is 10.0 Å². The number of phenolic OH excluding ortho intramolecular Hbond substituents is 1. The Kier molecular flexibility index (Phi) is 4.16. The summed E-state index contributed by atoms with van der Waals surface area (Å²) in [6, 6.07) is 10.3. The Morgan fingerprint density at radius 1 is 1.37 bits per heavy atom. The van der Waals surface area contributed by atoms with Crippen LogP contribution in [0.15, 0.2) is 47.2 Å². The number of pyridine rings is 1. The molecular formula is C14H13BrN2O2. The van der Waals surface area contributed by atoms with Crippen molar-refractivity contribution < 1.29 is 9.90 Å². The molecule has 0 aliphatic rings. The van der Waals surface area contributed by atoms with E-state index in [4.69, 9.17) is 0 Å². The van der Waals surface area contributed by atoms with Gasteiger partial charge >= 0.3 is 0 Å². The van der Waals surface area contributed by atoms with Crippen LogP contribution in [0, 0.1) is 0 Å². The van der Waals surface area contributed by atoms with Crippen molar-refractivity contribution in [1.82, 2.24) is 9.88 Å². The molecular weight excluding hydrogens is 308 g/mol. The van der Waals surface area contributed by atoms with E-state index in [-0.39, 0.29) is 11.7 Å². The van der Waals surface area contributed by atoms with E-state index in [2.05, 4.69) is 20.9 Å². The van der Waals surface area contributed by atoms with Crippen LogP contribution < -0.4 is 0 Å². The third-order valence-electron chi connectivity index (χ3n) is 2.72. The lowest BCUT2D eigenvalue weighted by molar-refractivity contribution is 0.0784. The molecule has 0 unspecified atom stereocenters. The highest BCUT2D eigenvalue weighted by Crippen LogP contribution is 2.18. The largest absolute Gasteiger partial charge is 0.508 e. The average Bonchev–Trinajstić information content (AvgIpc) is 2.40.